The van der Waals surface area contributed by atoms with E-state index in [-0.39, 0.29) is 33.9 Å². The van der Waals surface area contributed by atoms with Gasteiger partial charge in [0.25, 0.3) is 17.7 Å². The third-order valence-corrected chi connectivity index (χ3v) is 12.0. The molecule has 2 saturated heterocycles. The molecule has 3 aromatic carbocycles. The Bertz CT molecular complexity index is 2270. The third-order valence-electron chi connectivity index (χ3n) is 9.33. The first-order valence-corrected chi connectivity index (χ1v) is 19.7. The fraction of sp³-hybridized carbons (Fsp3) is 0.158. The molecule has 0 aliphatic carbocycles. The Morgan fingerprint density at radius 1 is 0.964 bits per heavy atom. The van der Waals surface area contributed by atoms with Gasteiger partial charge < -0.3 is 21.0 Å². The SMILES string of the molecule is Nc1nc(C(=NOC(c2ccccc2)(c2ccccc2)c2ccccc2)C(=O)N[C@@H]2C(=O)N3C(C(=O)O)=C(C=C4CCN(c5nncs5)C4=O)CS[C@H]23)cs1. The molecular formula is C38H30N8O6S3. The highest BCUT2D eigenvalue weighted by Crippen LogP contribution is 2.43. The summed E-state index contributed by atoms with van der Waals surface area (Å²) in [4.78, 5) is 67.2. The van der Waals surface area contributed by atoms with Crippen LogP contribution in [-0.4, -0.2) is 78.3 Å². The minimum Gasteiger partial charge on any atom is -0.477 e. The average Bonchev–Trinajstić information content (AvgIpc) is 3.98. The Labute approximate surface area is 326 Å². The molecule has 14 nitrogen and oxygen atoms in total. The normalized spacial score (nSPS) is 19.3. The number of fused-ring (bicyclic) bond motifs is 1. The summed E-state index contributed by atoms with van der Waals surface area (Å²) in [6.07, 6.45) is 1.92. The summed E-state index contributed by atoms with van der Waals surface area (Å²) in [6, 6.07) is 27.3. The predicted molar refractivity (Wildman–Crippen MR) is 208 cm³/mol. The van der Waals surface area contributed by atoms with Gasteiger partial charge in [-0.25, -0.2) is 9.78 Å². The van der Waals surface area contributed by atoms with E-state index >= 15 is 0 Å². The number of thiazole rings is 1. The molecule has 3 aliphatic rings. The molecule has 2 atom stereocenters. The number of carbonyl (C=O) groups is 4. The monoisotopic (exact) mass is 790 g/mol. The third kappa shape index (κ3) is 6.55. The number of amides is 3. The molecule has 0 saturated carbocycles. The van der Waals surface area contributed by atoms with Gasteiger partial charge >= 0.3 is 5.97 Å². The van der Waals surface area contributed by atoms with Crippen molar-refractivity contribution in [2.45, 2.75) is 23.4 Å². The lowest BCUT2D eigenvalue weighted by Crippen LogP contribution is -2.71. The number of carboxylic acids is 1. The predicted octanol–water partition coefficient (Wildman–Crippen LogP) is 4.39. The number of hydrogen-bond donors (Lipinski definition) is 3. The molecule has 2 aromatic heterocycles. The molecule has 5 heterocycles. The zero-order chi connectivity index (χ0) is 38.1. The number of benzene rings is 3. The van der Waals surface area contributed by atoms with E-state index in [1.54, 1.807) is 11.5 Å². The van der Waals surface area contributed by atoms with Crippen molar-refractivity contribution < 1.29 is 29.1 Å². The van der Waals surface area contributed by atoms with E-state index in [0.717, 1.165) is 32.9 Å². The number of aliphatic carboxylic acids is 1. The van der Waals surface area contributed by atoms with Crippen LogP contribution in [-0.2, 0) is 29.6 Å². The maximum absolute atomic E-state index is 14.2. The fourth-order valence-corrected chi connectivity index (χ4v) is 9.22. The van der Waals surface area contributed by atoms with E-state index in [0.29, 0.717) is 29.2 Å². The zero-order valence-electron chi connectivity index (χ0n) is 28.6. The molecule has 8 rings (SSSR count). The van der Waals surface area contributed by atoms with Crippen LogP contribution in [0.5, 0.6) is 0 Å². The van der Waals surface area contributed by atoms with Crippen LogP contribution in [0.2, 0.25) is 0 Å². The molecule has 0 unspecified atom stereocenters. The molecule has 3 aliphatic heterocycles. The van der Waals surface area contributed by atoms with E-state index in [1.165, 1.54) is 33.5 Å². The summed E-state index contributed by atoms with van der Waals surface area (Å²) in [7, 11) is 0. The number of nitrogens with zero attached hydrogens (tertiary/aromatic N) is 6. The smallest absolute Gasteiger partial charge is 0.352 e. The van der Waals surface area contributed by atoms with Crippen molar-refractivity contribution in [3.05, 3.63) is 147 Å². The first kappa shape index (κ1) is 35.8. The first-order valence-electron chi connectivity index (χ1n) is 16.9. The number of rotatable bonds is 11. The minimum absolute atomic E-state index is 0.131. The maximum atomic E-state index is 14.2. The molecule has 2 fully saturated rings. The van der Waals surface area contributed by atoms with Gasteiger partial charge in [-0.2, -0.15) is 0 Å². The van der Waals surface area contributed by atoms with E-state index in [1.807, 2.05) is 91.0 Å². The lowest BCUT2D eigenvalue weighted by molar-refractivity contribution is -0.150. The summed E-state index contributed by atoms with van der Waals surface area (Å²) in [6.45, 7) is 0.378. The Kier molecular flexibility index (Phi) is 9.73. The van der Waals surface area contributed by atoms with Crippen LogP contribution in [0, 0.1) is 0 Å². The number of aromatic nitrogens is 3. The van der Waals surface area contributed by atoms with Crippen LogP contribution < -0.4 is 16.0 Å². The highest BCUT2D eigenvalue weighted by atomic mass is 32.2. The standard InChI is InChI=1S/C38H30N8O6S3/c39-36-41-27(20-54-36)28(44-52-38(24-10-4-1-5-11-24,25-12-6-2-7-13-25)26-14-8-3-9-15-26)31(47)42-29-33(49)46-30(35(50)51)23(19-53-34(29)46)18-22-16-17-45(32(22)48)37-43-40-21-55-37/h1-15,18,20-21,29,34H,16-17,19H2,(H2,39,41)(H,42,47)(H,50,51)/t29-,34-/m1/s1. The molecule has 17 heteroatoms. The van der Waals surface area contributed by atoms with Gasteiger partial charge in [0, 0.05) is 39.9 Å². The van der Waals surface area contributed by atoms with Gasteiger partial charge in [0.15, 0.2) is 10.8 Å². The number of β-lactam (4-membered cyclic amide) rings is 1. The summed E-state index contributed by atoms with van der Waals surface area (Å²) < 4.78 is 0. The summed E-state index contributed by atoms with van der Waals surface area (Å²) in [5, 5.41) is 26.8. The second-order valence-electron chi connectivity index (χ2n) is 12.5. The van der Waals surface area contributed by atoms with Crippen LogP contribution in [0.3, 0.4) is 0 Å². The number of carboxylic acid groups (broad SMARTS) is 1. The van der Waals surface area contributed by atoms with E-state index < -0.39 is 34.8 Å². The molecule has 276 valence electrons. The number of thioether (sulfide) groups is 1. The Hall–Kier alpha value is -6.17. The number of oxime groups is 1. The van der Waals surface area contributed by atoms with Gasteiger partial charge in [-0.05, 0) is 18.1 Å². The van der Waals surface area contributed by atoms with Gasteiger partial charge in [-0.3, -0.25) is 24.2 Å². The fourth-order valence-electron chi connectivity index (χ4n) is 6.78. The number of carbonyl (C=O) groups excluding carboxylic acids is 3. The lowest BCUT2D eigenvalue weighted by Gasteiger charge is -2.49. The highest BCUT2D eigenvalue weighted by molar-refractivity contribution is 8.00. The number of allylic oxidation sites excluding steroid dienone is 1. The summed E-state index contributed by atoms with van der Waals surface area (Å²) in [5.74, 6) is -2.84. The highest BCUT2D eigenvalue weighted by Gasteiger charge is 2.54. The van der Waals surface area contributed by atoms with Crippen molar-refractivity contribution in [1.29, 1.82) is 0 Å². The Morgan fingerprint density at radius 3 is 2.15 bits per heavy atom. The summed E-state index contributed by atoms with van der Waals surface area (Å²) >= 11 is 3.61. The molecule has 4 N–H and O–H groups in total. The second-order valence-corrected chi connectivity index (χ2v) is 15.3. The van der Waals surface area contributed by atoms with Crippen LogP contribution in [0.25, 0.3) is 0 Å². The number of nitrogens with one attached hydrogen (secondary N) is 1. The molecule has 55 heavy (non-hydrogen) atoms. The summed E-state index contributed by atoms with van der Waals surface area (Å²) in [5.41, 5.74) is 8.81. The van der Waals surface area contributed by atoms with Gasteiger partial charge in [0.05, 0.1) is 0 Å². The van der Waals surface area contributed by atoms with Gasteiger partial charge in [-0.1, -0.05) is 107 Å². The Morgan fingerprint density at radius 2 is 1.60 bits per heavy atom. The number of hydrogen-bond acceptors (Lipinski definition) is 13. The van der Waals surface area contributed by atoms with Crippen molar-refractivity contribution in [3.63, 3.8) is 0 Å². The van der Waals surface area contributed by atoms with E-state index in [9.17, 15) is 24.3 Å². The van der Waals surface area contributed by atoms with Crippen molar-refractivity contribution in [3.8, 4) is 0 Å². The van der Waals surface area contributed by atoms with Crippen LogP contribution in [0.1, 0.15) is 28.8 Å². The molecule has 5 aromatic rings. The molecule has 0 bridgehead atoms. The quantitative estimate of drug-likeness (QED) is 0.0565. The zero-order valence-corrected chi connectivity index (χ0v) is 31.1. The molecule has 0 radical (unpaired) electrons. The van der Waals surface area contributed by atoms with E-state index in [2.05, 4.69) is 25.7 Å². The number of nitrogen functional groups attached to an aromatic ring is 1. The van der Waals surface area contributed by atoms with Crippen LogP contribution in [0.4, 0.5) is 10.3 Å². The minimum atomic E-state index is -1.32. The van der Waals surface area contributed by atoms with Crippen molar-refractivity contribution in [2.75, 3.05) is 22.9 Å². The number of anilines is 2. The molecule has 0 spiro atoms. The second kappa shape index (κ2) is 14.9. The molecular weight excluding hydrogens is 761 g/mol. The van der Waals surface area contributed by atoms with Crippen molar-refractivity contribution in [1.82, 2.24) is 25.4 Å². The lowest BCUT2D eigenvalue weighted by atomic mass is 9.80. The topological polar surface area (TPSA) is 193 Å². The van der Waals surface area contributed by atoms with Crippen molar-refractivity contribution in [2.24, 2.45) is 5.16 Å². The van der Waals surface area contributed by atoms with Gasteiger partial charge in [0.1, 0.15) is 28.3 Å². The first-order chi connectivity index (χ1) is 26.8. The van der Waals surface area contributed by atoms with Gasteiger partial charge in [0.2, 0.25) is 10.7 Å². The largest absolute Gasteiger partial charge is 0.477 e. The van der Waals surface area contributed by atoms with Crippen LogP contribution >= 0.6 is 34.4 Å². The van der Waals surface area contributed by atoms with Crippen molar-refractivity contribution >= 4 is 74.1 Å². The van der Waals surface area contributed by atoms with E-state index in [4.69, 9.17) is 10.6 Å². The molecule has 3 amide bonds. The number of nitrogens with two attached hydrogens (primary N) is 1. The van der Waals surface area contributed by atoms with Crippen LogP contribution in [0.15, 0.2) is 130 Å². The average molecular weight is 791 g/mol. The van der Waals surface area contributed by atoms with Gasteiger partial charge in [-0.15, -0.1) is 33.3 Å². The maximum Gasteiger partial charge on any atom is 0.352 e. The Balaban J connectivity index is 1.10.